The number of H-pyrrole nitrogens is 1. The number of aromatic nitrogens is 5. The van der Waals surface area contributed by atoms with Gasteiger partial charge in [0.05, 0.1) is 29.4 Å². The first kappa shape index (κ1) is 23.3. The Morgan fingerprint density at radius 1 is 1.24 bits per heavy atom. The van der Waals surface area contributed by atoms with Gasteiger partial charge in [-0.3, -0.25) is 19.6 Å². The van der Waals surface area contributed by atoms with Crippen molar-refractivity contribution in [3.63, 3.8) is 0 Å². The molecule has 3 aromatic heterocycles. The Morgan fingerprint density at radius 2 is 2.14 bits per heavy atom. The maximum absolute atomic E-state index is 13.8. The molecule has 9 heteroatoms. The normalized spacial score (nSPS) is 19.9. The Kier molecular flexibility index (Phi) is 5.72. The minimum atomic E-state index is -1.05. The van der Waals surface area contributed by atoms with Gasteiger partial charge in [0.25, 0.3) is 5.91 Å². The first-order valence-corrected chi connectivity index (χ1v) is 12.4. The number of carbonyl (C=O) groups is 1. The van der Waals surface area contributed by atoms with E-state index in [9.17, 15) is 14.3 Å². The number of fused-ring (bicyclic) bond motifs is 2. The van der Waals surface area contributed by atoms with E-state index in [1.165, 1.54) is 12.1 Å². The van der Waals surface area contributed by atoms with Gasteiger partial charge in [-0.2, -0.15) is 10.2 Å². The molecule has 2 aromatic carbocycles. The molecule has 8 nitrogen and oxygen atoms in total. The lowest BCUT2D eigenvalue weighted by atomic mass is 9.81. The molecule has 1 amide bonds. The third-order valence-corrected chi connectivity index (χ3v) is 7.20. The van der Waals surface area contributed by atoms with E-state index in [0.29, 0.717) is 23.9 Å². The summed E-state index contributed by atoms with van der Waals surface area (Å²) in [6.07, 6.45) is 5.94. The molecule has 37 heavy (non-hydrogen) atoms. The van der Waals surface area contributed by atoms with Gasteiger partial charge in [-0.15, -0.1) is 0 Å². The van der Waals surface area contributed by atoms with Gasteiger partial charge in [0, 0.05) is 39.8 Å². The maximum atomic E-state index is 13.8. The molecule has 6 rings (SSSR count). The third-order valence-electron chi connectivity index (χ3n) is 7.20. The van der Waals surface area contributed by atoms with Gasteiger partial charge >= 0.3 is 0 Å². The monoisotopic (exact) mass is 498 g/mol. The number of halogens is 1. The lowest BCUT2D eigenvalue weighted by Crippen LogP contribution is -2.47. The van der Waals surface area contributed by atoms with Crippen LogP contribution < -0.4 is 5.32 Å². The zero-order valence-corrected chi connectivity index (χ0v) is 20.4. The fourth-order valence-electron chi connectivity index (χ4n) is 5.39. The first-order chi connectivity index (χ1) is 17.9. The lowest BCUT2D eigenvalue weighted by molar-refractivity contribution is -0.0227. The largest absolute Gasteiger partial charge is 0.388 e. The minimum absolute atomic E-state index is 0.188. The molecule has 2 atom stereocenters. The molecule has 0 radical (unpaired) electrons. The molecule has 188 valence electrons. The lowest BCUT2D eigenvalue weighted by Gasteiger charge is -2.37. The van der Waals surface area contributed by atoms with Crippen LogP contribution in [0.1, 0.15) is 41.7 Å². The molecule has 3 heterocycles. The molecule has 5 aromatic rings. The van der Waals surface area contributed by atoms with Gasteiger partial charge in [-0.1, -0.05) is 0 Å². The number of aliphatic hydroxyl groups is 1. The molecule has 0 aliphatic heterocycles. The van der Waals surface area contributed by atoms with Crippen molar-refractivity contribution in [1.29, 1.82) is 0 Å². The van der Waals surface area contributed by atoms with Gasteiger partial charge in [-0.05, 0) is 81.1 Å². The van der Waals surface area contributed by atoms with Gasteiger partial charge < -0.3 is 10.4 Å². The van der Waals surface area contributed by atoms with E-state index in [-0.39, 0.29) is 24.3 Å². The fraction of sp³-hybridized carbons (Fsp3) is 0.286. The molecule has 1 aliphatic carbocycles. The Bertz CT molecular complexity index is 1630. The highest BCUT2D eigenvalue weighted by atomic mass is 19.1. The van der Waals surface area contributed by atoms with Crippen molar-refractivity contribution in [3.05, 3.63) is 78.0 Å². The Morgan fingerprint density at radius 3 is 3.00 bits per heavy atom. The number of nitrogens with one attached hydrogen (secondary N) is 2. The van der Waals surface area contributed by atoms with E-state index in [2.05, 4.69) is 25.6 Å². The summed E-state index contributed by atoms with van der Waals surface area (Å²) in [5.74, 6) is -0.535. The molecule has 0 spiro atoms. The Balaban J connectivity index is 1.20. The number of pyridine rings is 1. The predicted molar refractivity (Wildman–Crippen MR) is 138 cm³/mol. The standard InChI is InChI=1S/C28H27FN6O2/c1-17-11-18(8-10-30-17)26-23-12-19(5-7-24(23)33-34-26)27(36)32-22-3-2-9-28(37,14-22)16-35-25-13-21(29)6-4-20(25)15-31-35/h4-8,10-13,15,22,37H,2-3,9,14,16H2,1H3,(H,32,36)(H,33,34)/t22-,28-/m1/s1. The van der Waals surface area contributed by atoms with Crippen LogP contribution >= 0.6 is 0 Å². The smallest absolute Gasteiger partial charge is 0.251 e. The number of nitrogens with zero attached hydrogens (tertiary/aromatic N) is 4. The zero-order valence-electron chi connectivity index (χ0n) is 20.4. The van der Waals surface area contributed by atoms with Crippen LogP contribution in [0.25, 0.3) is 33.1 Å². The summed E-state index contributed by atoms with van der Waals surface area (Å²) >= 11 is 0. The summed E-state index contributed by atoms with van der Waals surface area (Å²) in [6.45, 7) is 2.16. The van der Waals surface area contributed by atoms with Crippen LogP contribution in [0.4, 0.5) is 4.39 Å². The highest BCUT2D eigenvalue weighted by Gasteiger charge is 2.36. The number of carbonyl (C=O) groups excluding carboxylic acids is 1. The average molecular weight is 499 g/mol. The highest BCUT2D eigenvalue weighted by Crippen LogP contribution is 2.32. The van der Waals surface area contributed by atoms with E-state index in [4.69, 9.17) is 0 Å². The summed E-state index contributed by atoms with van der Waals surface area (Å²) in [7, 11) is 0. The molecule has 0 bridgehead atoms. The molecule has 1 aliphatic rings. The van der Waals surface area contributed by atoms with Crippen molar-refractivity contribution in [3.8, 4) is 11.3 Å². The van der Waals surface area contributed by atoms with Gasteiger partial charge in [0.1, 0.15) is 11.5 Å². The average Bonchev–Trinajstić information content (AvgIpc) is 3.47. The maximum Gasteiger partial charge on any atom is 0.251 e. The second kappa shape index (κ2) is 9.08. The quantitative estimate of drug-likeness (QED) is 0.330. The summed E-state index contributed by atoms with van der Waals surface area (Å²) in [5.41, 5.74) is 3.56. The van der Waals surface area contributed by atoms with Crippen molar-refractivity contribution in [2.45, 2.75) is 50.8 Å². The number of rotatable bonds is 5. The van der Waals surface area contributed by atoms with Crippen LogP contribution in [0, 0.1) is 12.7 Å². The van der Waals surface area contributed by atoms with Crippen LogP contribution in [0.5, 0.6) is 0 Å². The number of hydrogen-bond acceptors (Lipinski definition) is 5. The molecule has 0 unspecified atom stereocenters. The second-order valence-corrected chi connectivity index (χ2v) is 10.0. The molecule has 1 saturated carbocycles. The van der Waals surface area contributed by atoms with Crippen molar-refractivity contribution in [2.24, 2.45) is 0 Å². The van der Waals surface area contributed by atoms with Gasteiger partial charge in [0.15, 0.2) is 0 Å². The van der Waals surface area contributed by atoms with Crippen molar-refractivity contribution in [2.75, 3.05) is 0 Å². The zero-order chi connectivity index (χ0) is 25.6. The van der Waals surface area contributed by atoms with Gasteiger partial charge in [-0.25, -0.2) is 4.39 Å². The number of aryl methyl sites for hydroxylation is 1. The summed E-state index contributed by atoms with van der Waals surface area (Å²) < 4.78 is 15.4. The number of aromatic amines is 1. The Hall–Kier alpha value is -4.11. The van der Waals surface area contributed by atoms with Crippen LogP contribution in [-0.4, -0.2) is 47.6 Å². The summed E-state index contributed by atoms with van der Waals surface area (Å²) in [5, 5.41) is 28.0. The summed E-state index contributed by atoms with van der Waals surface area (Å²) in [6, 6.07) is 13.7. The van der Waals surface area contributed by atoms with Gasteiger partial charge in [0.2, 0.25) is 0 Å². The number of hydrogen-bond donors (Lipinski definition) is 3. The second-order valence-electron chi connectivity index (χ2n) is 10.0. The molecule has 1 fully saturated rings. The molecular formula is C28H27FN6O2. The fourth-order valence-corrected chi connectivity index (χ4v) is 5.39. The van der Waals surface area contributed by atoms with E-state index in [1.807, 2.05) is 31.2 Å². The predicted octanol–water partition coefficient (Wildman–Crippen LogP) is 4.53. The van der Waals surface area contributed by atoms with Crippen molar-refractivity contribution >= 4 is 27.7 Å². The van der Waals surface area contributed by atoms with E-state index < -0.39 is 5.60 Å². The van der Waals surface area contributed by atoms with E-state index in [0.717, 1.165) is 46.1 Å². The number of benzene rings is 2. The van der Waals surface area contributed by atoms with E-state index >= 15 is 0 Å². The van der Waals surface area contributed by atoms with Crippen LogP contribution in [0.15, 0.2) is 60.9 Å². The minimum Gasteiger partial charge on any atom is -0.388 e. The first-order valence-electron chi connectivity index (χ1n) is 12.4. The van der Waals surface area contributed by atoms with Crippen molar-refractivity contribution in [1.82, 2.24) is 30.3 Å². The number of amides is 1. The molecule has 3 N–H and O–H groups in total. The summed E-state index contributed by atoms with van der Waals surface area (Å²) in [4.78, 5) is 17.5. The molecule has 0 saturated heterocycles. The highest BCUT2D eigenvalue weighted by molar-refractivity contribution is 6.01. The third kappa shape index (κ3) is 4.58. The topological polar surface area (TPSA) is 109 Å². The van der Waals surface area contributed by atoms with Crippen molar-refractivity contribution < 1.29 is 14.3 Å². The van der Waals surface area contributed by atoms with Crippen LogP contribution in [-0.2, 0) is 6.54 Å². The van der Waals surface area contributed by atoms with Crippen LogP contribution in [0.2, 0.25) is 0 Å². The SMILES string of the molecule is Cc1cc(-c2n[nH]c3ccc(C(=O)N[C@@H]4CCC[C@](O)(Cn5ncc6ccc(F)cc65)C4)cc23)ccn1. The van der Waals surface area contributed by atoms with E-state index in [1.54, 1.807) is 29.2 Å². The Labute approximate surface area is 212 Å². The van der Waals surface area contributed by atoms with Crippen LogP contribution in [0.3, 0.4) is 0 Å². The molecular weight excluding hydrogens is 471 g/mol.